The summed E-state index contributed by atoms with van der Waals surface area (Å²) >= 11 is 0. The highest BCUT2D eigenvalue weighted by Gasteiger charge is 2.24. The van der Waals surface area contributed by atoms with Gasteiger partial charge in [-0.2, -0.15) is 0 Å². The zero-order valence-electron chi connectivity index (χ0n) is 14.3. The van der Waals surface area contributed by atoms with Gasteiger partial charge >= 0.3 is 0 Å². The molecule has 3 rings (SSSR count). The molecule has 6 nitrogen and oxygen atoms in total. The van der Waals surface area contributed by atoms with Crippen LogP contribution in [-0.4, -0.2) is 29.3 Å². The van der Waals surface area contributed by atoms with Gasteiger partial charge in [-0.1, -0.05) is 0 Å². The fraction of sp³-hybridized carbons (Fsp3) is 0.368. The molecule has 0 radical (unpaired) electrons. The van der Waals surface area contributed by atoms with Gasteiger partial charge < -0.3 is 20.4 Å². The minimum atomic E-state index is -0.271. The molecule has 2 heterocycles. The number of hydrogen-bond donors (Lipinski definition) is 2. The van der Waals surface area contributed by atoms with Crippen molar-refractivity contribution in [2.75, 3.05) is 11.9 Å². The molecule has 0 bridgehead atoms. The van der Waals surface area contributed by atoms with Gasteiger partial charge in [0, 0.05) is 23.8 Å². The number of rotatable bonds is 4. The summed E-state index contributed by atoms with van der Waals surface area (Å²) in [6, 6.07) is 8.87. The molecule has 1 saturated heterocycles. The molecule has 0 aliphatic carbocycles. The molecule has 1 atom stereocenters. The number of carbonyl (C=O) groups is 2. The van der Waals surface area contributed by atoms with E-state index in [0.29, 0.717) is 22.6 Å². The number of piperidine rings is 1. The third kappa shape index (κ3) is 3.91. The predicted octanol–water partition coefficient (Wildman–Crippen LogP) is 3.01. The number of nitrogens with zero attached hydrogens (tertiary/aromatic N) is 1. The number of likely N-dealkylation sites (tertiary alicyclic amines) is 1. The lowest BCUT2D eigenvalue weighted by molar-refractivity contribution is 0.0635. The Morgan fingerprint density at radius 1 is 1.24 bits per heavy atom. The fourth-order valence-corrected chi connectivity index (χ4v) is 3.07. The molecule has 0 spiro atoms. The Balaban J connectivity index is 1.65. The van der Waals surface area contributed by atoms with Crippen molar-refractivity contribution in [3.8, 4) is 0 Å². The molecule has 6 heteroatoms. The van der Waals surface area contributed by atoms with Crippen LogP contribution in [0.25, 0.3) is 0 Å². The maximum absolute atomic E-state index is 12.6. The van der Waals surface area contributed by atoms with Gasteiger partial charge in [-0.3, -0.25) is 9.59 Å². The summed E-state index contributed by atoms with van der Waals surface area (Å²) in [6.45, 7) is 3.15. The molecule has 1 fully saturated rings. The molecule has 0 saturated carbocycles. The van der Waals surface area contributed by atoms with Crippen molar-refractivity contribution >= 4 is 17.5 Å². The number of nitrogens with one attached hydrogen (secondary N) is 1. The van der Waals surface area contributed by atoms with E-state index in [1.54, 1.807) is 30.3 Å². The molecular weight excluding hydrogens is 318 g/mol. The normalized spacial score (nSPS) is 17.4. The second kappa shape index (κ2) is 7.53. The molecule has 2 amide bonds. The average molecular weight is 341 g/mol. The van der Waals surface area contributed by atoms with Crippen LogP contribution in [0.3, 0.4) is 0 Å². The molecule has 132 valence electrons. The van der Waals surface area contributed by atoms with Gasteiger partial charge in [-0.25, -0.2) is 0 Å². The van der Waals surface area contributed by atoms with Crippen molar-refractivity contribution in [1.29, 1.82) is 0 Å². The highest BCUT2D eigenvalue weighted by atomic mass is 16.3. The SMILES string of the molecule is CC1CCCCN1C(=O)c1ccc(NC(=O)c2coc(CN)c2)cc1. The maximum atomic E-state index is 12.6. The second-order valence-electron chi connectivity index (χ2n) is 6.38. The zero-order chi connectivity index (χ0) is 17.8. The number of furan rings is 1. The van der Waals surface area contributed by atoms with Crippen molar-refractivity contribution in [2.45, 2.75) is 38.8 Å². The lowest BCUT2D eigenvalue weighted by Gasteiger charge is -2.33. The summed E-state index contributed by atoms with van der Waals surface area (Å²) in [4.78, 5) is 26.7. The van der Waals surface area contributed by atoms with Crippen molar-refractivity contribution < 1.29 is 14.0 Å². The lowest BCUT2D eigenvalue weighted by atomic mass is 10.0. The van der Waals surface area contributed by atoms with Gasteiger partial charge in [0.05, 0.1) is 12.1 Å². The van der Waals surface area contributed by atoms with Crippen LogP contribution in [0.15, 0.2) is 41.0 Å². The van der Waals surface area contributed by atoms with E-state index in [1.165, 1.54) is 12.7 Å². The Kier molecular flexibility index (Phi) is 5.19. The van der Waals surface area contributed by atoms with Crippen LogP contribution in [0.5, 0.6) is 0 Å². The number of hydrogen-bond acceptors (Lipinski definition) is 4. The Hall–Kier alpha value is -2.60. The quantitative estimate of drug-likeness (QED) is 0.895. The molecule has 1 aliphatic rings. The third-order valence-electron chi connectivity index (χ3n) is 4.57. The van der Waals surface area contributed by atoms with Gasteiger partial charge in [-0.15, -0.1) is 0 Å². The summed E-state index contributed by atoms with van der Waals surface area (Å²) in [5.41, 5.74) is 7.16. The first kappa shape index (κ1) is 17.2. The smallest absolute Gasteiger partial charge is 0.258 e. The number of carbonyl (C=O) groups excluding carboxylic acids is 2. The van der Waals surface area contributed by atoms with Crippen LogP contribution >= 0.6 is 0 Å². The third-order valence-corrected chi connectivity index (χ3v) is 4.57. The number of nitrogens with two attached hydrogens (primary N) is 1. The molecular formula is C19H23N3O3. The number of amides is 2. The number of anilines is 1. The maximum Gasteiger partial charge on any atom is 0.258 e. The van der Waals surface area contributed by atoms with E-state index in [1.807, 2.05) is 4.90 Å². The highest BCUT2D eigenvalue weighted by Crippen LogP contribution is 2.20. The van der Waals surface area contributed by atoms with E-state index >= 15 is 0 Å². The van der Waals surface area contributed by atoms with Gasteiger partial charge in [0.2, 0.25) is 0 Å². The van der Waals surface area contributed by atoms with Crippen molar-refractivity contribution in [2.24, 2.45) is 5.73 Å². The Labute approximate surface area is 147 Å². The molecule has 2 aromatic rings. The van der Waals surface area contributed by atoms with E-state index in [-0.39, 0.29) is 24.4 Å². The molecule has 3 N–H and O–H groups in total. The Bertz CT molecular complexity index is 752. The predicted molar refractivity (Wildman–Crippen MR) is 95.3 cm³/mol. The standard InChI is InChI=1S/C19H23N3O3/c1-13-4-2-3-9-22(13)19(24)14-5-7-16(8-6-14)21-18(23)15-10-17(11-20)25-12-15/h5-8,10,12-13H,2-4,9,11,20H2,1H3,(H,21,23). The average Bonchev–Trinajstić information content (AvgIpc) is 3.11. The van der Waals surface area contributed by atoms with Crippen LogP contribution in [0, 0.1) is 0 Å². The summed E-state index contributed by atoms with van der Waals surface area (Å²) < 4.78 is 5.16. The first-order chi connectivity index (χ1) is 12.1. The highest BCUT2D eigenvalue weighted by molar-refractivity contribution is 6.04. The fourth-order valence-electron chi connectivity index (χ4n) is 3.07. The Morgan fingerprint density at radius 2 is 2.00 bits per heavy atom. The first-order valence-electron chi connectivity index (χ1n) is 8.58. The van der Waals surface area contributed by atoms with Gasteiger partial charge in [0.25, 0.3) is 11.8 Å². The van der Waals surface area contributed by atoms with Gasteiger partial charge in [0.15, 0.2) is 0 Å². The topological polar surface area (TPSA) is 88.6 Å². The summed E-state index contributed by atoms with van der Waals surface area (Å²) in [5, 5.41) is 2.79. The van der Waals surface area contributed by atoms with Gasteiger partial charge in [-0.05, 0) is 56.5 Å². The molecule has 25 heavy (non-hydrogen) atoms. The van der Waals surface area contributed by atoms with E-state index in [2.05, 4.69) is 12.2 Å². The minimum absolute atomic E-state index is 0.0486. The zero-order valence-corrected chi connectivity index (χ0v) is 14.3. The molecule has 1 aromatic heterocycles. The summed E-state index contributed by atoms with van der Waals surface area (Å²) in [5.74, 6) is 0.335. The van der Waals surface area contributed by atoms with Crippen LogP contribution in [-0.2, 0) is 6.54 Å². The van der Waals surface area contributed by atoms with E-state index in [9.17, 15) is 9.59 Å². The largest absolute Gasteiger partial charge is 0.467 e. The first-order valence-corrected chi connectivity index (χ1v) is 8.58. The van der Waals surface area contributed by atoms with E-state index in [4.69, 9.17) is 10.2 Å². The summed E-state index contributed by atoms with van der Waals surface area (Å²) in [6.07, 6.45) is 4.66. The monoisotopic (exact) mass is 341 g/mol. The second-order valence-corrected chi connectivity index (χ2v) is 6.38. The minimum Gasteiger partial charge on any atom is -0.467 e. The van der Waals surface area contributed by atoms with Crippen LogP contribution < -0.4 is 11.1 Å². The number of benzene rings is 1. The Morgan fingerprint density at radius 3 is 2.64 bits per heavy atom. The summed E-state index contributed by atoms with van der Waals surface area (Å²) in [7, 11) is 0. The van der Waals surface area contributed by atoms with Crippen molar-refractivity contribution in [3.63, 3.8) is 0 Å². The van der Waals surface area contributed by atoms with Crippen LogP contribution in [0.1, 0.15) is 52.7 Å². The van der Waals surface area contributed by atoms with E-state index in [0.717, 1.165) is 19.4 Å². The molecule has 1 unspecified atom stereocenters. The lowest BCUT2D eigenvalue weighted by Crippen LogP contribution is -2.42. The van der Waals surface area contributed by atoms with Crippen LogP contribution in [0.2, 0.25) is 0 Å². The van der Waals surface area contributed by atoms with Crippen LogP contribution in [0.4, 0.5) is 5.69 Å². The van der Waals surface area contributed by atoms with E-state index < -0.39 is 0 Å². The van der Waals surface area contributed by atoms with Gasteiger partial charge in [0.1, 0.15) is 12.0 Å². The molecule has 1 aliphatic heterocycles. The van der Waals surface area contributed by atoms with Crippen molar-refractivity contribution in [3.05, 3.63) is 53.5 Å². The van der Waals surface area contributed by atoms with Crippen molar-refractivity contribution in [1.82, 2.24) is 4.90 Å². The molecule has 1 aromatic carbocycles.